The van der Waals surface area contributed by atoms with Gasteiger partial charge in [-0.15, -0.1) is 0 Å². The third-order valence-electron chi connectivity index (χ3n) is 5.37. The second kappa shape index (κ2) is 7.16. The summed E-state index contributed by atoms with van der Waals surface area (Å²) in [5.74, 6) is -1.12. The van der Waals surface area contributed by atoms with Gasteiger partial charge >= 0.3 is 5.97 Å². The lowest BCUT2D eigenvalue weighted by atomic mass is 9.88. The number of amides is 1. The van der Waals surface area contributed by atoms with E-state index < -0.39 is 5.97 Å². The number of benzene rings is 1. The molecule has 2 atom stereocenters. The Labute approximate surface area is 141 Å². The SMILES string of the molecule is O=C(c1ccccc1)C1CCN(C(=O)[C@H]2CC[C@@H](C(=O)O)C2)CC1. The topological polar surface area (TPSA) is 74.7 Å². The number of carboxylic acid groups (broad SMARTS) is 1. The largest absolute Gasteiger partial charge is 0.481 e. The van der Waals surface area contributed by atoms with Crippen molar-refractivity contribution in [1.29, 1.82) is 0 Å². The summed E-state index contributed by atoms with van der Waals surface area (Å²) >= 11 is 0. The first-order chi connectivity index (χ1) is 11.6. The Hall–Kier alpha value is -2.17. The second-order valence-corrected chi connectivity index (χ2v) is 6.87. The van der Waals surface area contributed by atoms with Gasteiger partial charge < -0.3 is 10.0 Å². The summed E-state index contributed by atoms with van der Waals surface area (Å²) in [6.07, 6.45) is 3.09. The molecule has 24 heavy (non-hydrogen) atoms. The van der Waals surface area contributed by atoms with Crippen LogP contribution >= 0.6 is 0 Å². The molecule has 2 fully saturated rings. The number of carboxylic acids is 1. The van der Waals surface area contributed by atoms with E-state index in [0.717, 1.165) is 5.56 Å². The van der Waals surface area contributed by atoms with Crippen molar-refractivity contribution in [2.45, 2.75) is 32.1 Å². The molecule has 2 aliphatic rings. The normalized spacial score (nSPS) is 24.8. The maximum absolute atomic E-state index is 12.6. The minimum Gasteiger partial charge on any atom is -0.481 e. The van der Waals surface area contributed by atoms with E-state index in [0.29, 0.717) is 45.2 Å². The van der Waals surface area contributed by atoms with E-state index in [2.05, 4.69) is 0 Å². The second-order valence-electron chi connectivity index (χ2n) is 6.87. The fourth-order valence-electron chi connectivity index (χ4n) is 3.89. The molecule has 0 radical (unpaired) electrons. The summed E-state index contributed by atoms with van der Waals surface area (Å²) in [6.45, 7) is 1.19. The van der Waals surface area contributed by atoms with Gasteiger partial charge in [0.25, 0.3) is 0 Å². The van der Waals surface area contributed by atoms with E-state index in [1.807, 2.05) is 35.2 Å². The third kappa shape index (κ3) is 3.50. The molecule has 1 heterocycles. The summed E-state index contributed by atoms with van der Waals surface area (Å²) in [5.41, 5.74) is 0.738. The van der Waals surface area contributed by atoms with Gasteiger partial charge in [0.05, 0.1) is 5.92 Å². The van der Waals surface area contributed by atoms with Crippen molar-refractivity contribution in [3.8, 4) is 0 Å². The smallest absolute Gasteiger partial charge is 0.306 e. The van der Waals surface area contributed by atoms with E-state index in [1.54, 1.807) is 0 Å². The molecule has 0 aromatic heterocycles. The number of carbonyl (C=O) groups is 3. The molecule has 5 nitrogen and oxygen atoms in total. The summed E-state index contributed by atoms with van der Waals surface area (Å²) in [7, 11) is 0. The summed E-state index contributed by atoms with van der Waals surface area (Å²) in [4.78, 5) is 37.9. The van der Waals surface area contributed by atoms with Gasteiger partial charge in [-0.2, -0.15) is 0 Å². The van der Waals surface area contributed by atoms with Crippen LogP contribution in [0.1, 0.15) is 42.5 Å². The maximum atomic E-state index is 12.6. The molecule has 1 saturated carbocycles. The van der Waals surface area contributed by atoms with E-state index in [9.17, 15) is 14.4 Å². The molecule has 1 aromatic carbocycles. The number of aliphatic carboxylic acids is 1. The zero-order chi connectivity index (χ0) is 17.1. The van der Waals surface area contributed by atoms with Crippen molar-refractivity contribution in [3.63, 3.8) is 0 Å². The number of likely N-dealkylation sites (tertiary alicyclic amines) is 1. The highest BCUT2D eigenvalue weighted by molar-refractivity contribution is 5.98. The van der Waals surface area contributed by atoms with Crippen LogP contribution in [-0.2, 0) is 9.59 Å². The lowest BCUT2D eigenvalue weighted by Crippen LogP contribution is -2.42. The highest BCUT2D eigenvalue weighted by Crippen LogP contribution is 2.33. The van der Waals surface area contributed by atoms with E-state index in [1.165, 1.54) is 0 Å². The highest BCUT2D eigenvalue weighted by Gasteiger charge is 2.37. The molecule has 1 N–H and O–H groups in total. The van der Waals surface area contributed by atoms with Crippen molar-refractivity contribution in [2.75, 3.05) is 13.1 Å². The van der Waals surface area contributed by atoms with Crippen molar-refractivity contribution < 1.29 is 19.5 Å². The van der Waals surface area contributed by atoms with Crippen LogP contribution in [0.25, 0.3) is 0 Å². The molecule has 1 amide bonds. The van der Waals surface area contributed by atoms with E-state index >= 15 is 0 Å². The van der Waals surface area contributed by atoms with Gasteiger partial charge in [0.1, 0.15) is 0 Å². The predicted octanol–water partition coefficient (Wildman–Crippen LogP) is 2.61. The highest BCUT2D eigenvalue weighted by atomic mass is 16.4. The quantitative estimate of drug-likeness (QED) is 0.862. The number of carbonyl (C=O) groups excluding carboxylic acids is 2. The summed E-state index contributed by atoms with van der Waals surface area (Å²) in [5, 5.41) is 9.06. The summed E-state index contributed by atoms with van der Waals surface area (Å²) < 4.78 is 0. The zero-order valence-corrected chi connectivity index (χ0v) is 13.7. The van der Waals surface area contributed by atoms with Gasteiger partial charge in [0.2, 0.25) is 5.91 Å². The van der Waals surface area contributed by atoms with Crippen LogP contribution in [0.2, 0.25) is 0 Å². The van der Waals surface area contributed by atoms with Crippen LogP contribution in [0.5, 0.6) is 0 Å². The number of ketones is 1. The molecule has 1 aromatic rings. The van der Waals surface area contributed by atoms with Crippen LogP contribution in [0, 0.1) is 17.8 Å². The molecule has 1 saturated heterocycles. The Morgan fingerprint density at radius 3 is 2.08 bits per heavy atom. The Bertz CT molecular complexity index is 620. The van der Waals surface area contributed by atoms with Crippen molar-refractivity contribution in [1.82, 2.24) is 4.90 Å². The molecule has 5 heteroatoms. The zero-order valence-electron chi connectivity index (χ0n) is 13.7. The maximum Gasteiger partial charge on any atom is 0.306 e. The minimum atomic E-state index is -0.794. The first kappa shape index (κ1) is 16.7. The summed E-state index contributed by atoms with van der Waals surface area (Å²) in [6, 6.07) is 9.30. The van der Waals surface area contributed by atoms with Crippen molar-refractivity contribution in [3.05, 3.63) is 35.9 Å². The Balaban J connectivity index is 1.53. The molecule has 0 unspecified atom stereocenters. The van der Waals surface area contributed by atoms with Gasteiger partial charge in [0.15, 0.2) is 5.78 Å². The minimum absolute atomic E-state index is 0.0215. The number of piperidine rings is 1. The molecular formula is C19H23NO4. The number of hydrogen-bond donors (Lipinski definition) is 1. The number of hydrogen-bond acceptors (Lipinski definition) is 3. The average Bonchev–Trinajstić information content (AvgIpc) is 3.12. The van der Waals surface area contributed by atoms with Crippen LogP contribution in [0.15, 0.2) is 30.3 Å². The first-order valence-corrected chi connectivity index (χ1v) is 8.67. The number of rotatable bonds is 4. The Morgan fingerprint density at radius 1 is 0.875 bits per heavy atom. The van der Waals surface area contributed by atoms with Gasteiger partial charge in [-0.25, -0.2) is 0 Å². The van der Waals surface area contributed by atoms with Crippen LogP contribution in [0.3, 0.4) is 0 Å². The van der Waals surface area contributed by atoms with Gasteiger partial charge in [-0.05, 0) is 32.1 Å². The van der Waals surface area contributed by atoms with Gasteiger partial charge in [-0.3, -0.25) is 14.4 Å². The molecule has 128 valence electrons. The van der Waals surface area contributed by atoms with Crippen molar-refractivity contribution in [2.24, 2.45) is 17.8 Å². The van der Waals surface area contributed by atoms with Gasteiger partial charge in [-0.1, -0.05) is 30.3 Å². The molecule has 0 spiro atoms. The third-order valence-corrected chi connectivity index (χ3v) is 5.37. The standard InChI is InChI=1S/C19H23NO4/c21-17(13-4-2-1-3-5-13)14-8-10-20(11-9-14)18(22)15-6-7-16(12-15)19(23)24/h1-5,14-16H,6-12H2,(H,23,24)/t15-,16+/m0/s1. The number of nitrogens with zero attached hydrogens (tertiary/aromatic N) is 1. The van der Waals surface area contributed by atoms with Crippen molar-refractivity contribution >= 4 is 17.7 Å². The fraction of sp³-hybridized carbons (Fsp3) is 0.526. The Morgan fingerprint density at radius 2 is 1.50 bits per heavy atom. The number of Topliss-reactive ketones (excluding diaryl/α,β-unsaturated/α-hetero) is 1. The van der Waals surface area contributed by atoms with Crippen LogP contribution in [-0.4, -0.2) is 40.8 Å². The van der Waals surface area contributed by atoms with Crippen LogP contribution < -0.4 is 0 Å². The molecule has 1 aliphatic heterocycles. The average molecular weight is 329 g/mol. The Kier molecular flexibility index (Phi) is 4.97. The molecule has 0 bridgehead atoms. The molecular weight excluding hydrogens is 306 g/mol. The lowest BCUT2D eigenvalue weighted by Gasteiger charge is -2.33. The van der Waals surface area contributed by atoms with E-state index in [-0.39, 0.29) is 29.4 Å². The predicted molar refractivity (Wildman–Crippen MR) is 88.5 cm³/mol. The lowest BCUT2D eigenvalue weighted by molar-refractivity contribution is -0.141. The van der Waals surface area contributed by atoms with Gasteiger partial charge in [0, 0.05) is 30.5 Å². The van der Waals surface area contributed by atoms with Crippen LogP contribution in [0.4, 0.5) is 0 Å². The van der Waals surface area contributed by atoms with E-state index in [4.69, 9.17) is 5.11 Å². The fourth-order valence-corrected chi connectivity index (χ4v) is 3.89. The first-order valence-electron chi connectivity index (χ1n) is 8.67. The monoisotopic (exact) mass is 329 g/mol. The molecule has 3 rings (SSSR count). The molecule has 1 aliphatic carbocycles.